The molecule has 0 unspecified atom stereocenters. The second-order valence-electron chi connectivity index (χ2n) is 2.35. The summed E-state index contributed by atoms with van der Waals surface area (Å²) >= 11 is 1.87. The van der Waals surface area contributed by atoms with Gasteiger partial charge < -0.3 is 0 Å². The highest BCUT2D eigenvalue weighted by atomic mass is 127. The third-order valence-corrected chi connectivity index (χ3v) is 0.554. The van der Waals surface area contributed by atoms with Crippen molar-refractivity contribution in [3.05, 3.63) is 0 Å². The van der Waals surface area contributed by atoms with Crippen LogP contribution in [0.25, 0.3) is 0 Å². The van der Waals surface area contributed by atoms with E-state index in [1.54, 1.807) is 0 Å². The molecule has 0 atom stereocenters. The fourth-order valence-electron chi connectivity index (χ4n) is 0.113. The third-order valence-electron chi connectivity index (χ3n) is 0.338. The van der Waals surface area contributed by atoms with E-state index in [1.165, 1.54) is 0 Å². The third kappa shape index (κ3) is 6.33. The Balaban J connectivity index is 3.56. The number of hydrogen-bond donors (Lipinski definition) is 0. The van der Waals surface area contributed by atoms with Crippen LogP contribution in [0.5, 0.6) is 0 Å². The van der Waals surface area contributed by atoms with Crippen LogP contribution in [-0.4, -0.2) is 5.54 Å². The van der Waals surface area contributed by atoms with Gasteiger partial charge in [-0.2, -0.15) is 5.11 Å². The van der Waals surface area contributed by atoms with Crippen LogP contribution in [0.15, 0.2) is 8.44 Å². The van der Waals surface area contributed by atoms with E-state index in [0.29, 0.717) is 0 Å². The first-order valence-corrected chi connectivity index (χ1v) is 3.06. The molecule has 0 rings (SSSR count). The maximum atomic E-state index is 3.87. The molecule has 0 aromatic heterocycles. The van der Waals surface area contributed by atoms with Crippen LogP contribution in [0.1, 0.15) is 20.8 Å². The predicted molar refractivity (Wildman–Crippen MR) is 38.6 cm³/mol. The molecule has 42 valence electrons. The molecule has 2 nitrogen and oxygen atoms in total. The molecule has 0 fully saturated rings. The second kappa shape index (κ2) is 2.59. The number of rotatable bonds is 0. The lowest BCUT2D eigenvalue weighted by Gasteiger charge is -2.06. The standard InChI is InChI=1S/C4H9IN2/c1-4(2,3)6-7-5/h1-3H3. The van der Waals surface area contributed by atoms with Gasteiger partial charge in [-0.1, -0.05) is 0 Å². The zero-order chi connectivity index (χ0) is 5.91. The Hall–Kier alpha value is 0.330. The molecule has 0 heterocycles. The molecule has 0 aliphatic rings. The molecule has 0 aliphatic carbocycles. The smallest absolute Gasteiger partial charge is 0.111 e. The van der Waals surface area contributed by atoms with E-state index >= 15 is 0 Å². The second-order valence-corrected chi connectivity index (χ2v) is 2.78. The van der Waals surface area contributed by atoms with Crippen molar-refractivity contribution in [1.29, 1.82) is 0 Å². The van der Waals surface area contributed by atoms with E-state index in [0.717, 1.165) is 0 Å². The van der Waals surface area contributed by atoms with Gasteiger partial charge in [0.15, 0.2) is 0 Å². The van der Waals surface area contributed by atoms with Crippen LogP contribution >= 0.6 is 22.9 Å². The molecule has 0 bridgehead atoms. The van der Waals surface area contributed by atoms with Crippen LogP contribution < -0.4 is 0 Å². The van der Waals surface area contributed by atoms with Gasteiger partial charge in [-0.05, 0) is 20.8 Å². The van der Waals surface area contributed by atoms with Gasteiger partial charge in [0.1, 0.15) is 22.9 Å². The summed E-state index contributed by atoms with van der Waals surface area (Å²) in [6, 6.07) is 0. The summed E-state index contributed by atoms with van der Waals surface area (Å²) in [4.78, 5) is 0. The average Bonchev–Trinajstić information content (AvgIpc) is 1.30. The molecule has 0 spiro atoms. The van der Waals surface area contributed by atoms with E-state index in [4.69, 9.17) is 0 Å². The molecular formula is C4H9IN2. The first-order valence-electron chi connectivity index (χ1n) is 2.09. The highest BCUT2D eigenvalue weighted by molar-refractivity contribution is 14.1. The Morgan fingerprint density at radius 3 is 1.71 bits per heavy atom. The monoisotopic (exact) mass is 212 g/mol. The molecule has 0 radical (unpaired) electrons. The summed E-state index contributed by atoms with van der Waals surface area (Å²) in [5.41, 5.74) is 0.00118. The Labute approximate surface area is 57.9 Å². The summed E-state index contributed by atoms with van der Waals surface area (Å²) in [7, 11) is 0. The van der Waals surface area contributed by atoms with E-state index < -0.39 is 0 Å². The van der Waals surface area contributed by atoms with E-state index in [9.17, 15) is 0 Å². The van der Waals surface area contributed by atoms with Gasteiger partial charge >= 0.3 is 0 Å². The quantitative estimate of drug-likeness (QED) is 0.435. The fraction of sp³-hybridized carbons (Fsp3) is 1.00. The SMILES string of the molecule is CC(C)(C)N=NI. The van der Waals surface area contributed by atoms with Crippen LogP contribution in [0, 0.1) is 0 Å². The molecule has 0 aliphatic heterocycles. The topological polar surface area (TPSA) is 24.7 Å². The Morgan fingerprint density at radius 2 is 1.71 bits per heavy atom. The zero-order valence-electron chi connectivity index (χ0n) is 4.77. The van der Waals surface area contributed by atoms with Gasteiger partial charge in [0.2, 0.25) is 0 Å². The zero-order valence-corrected chi connectivity index (χ0v) is 6.93. The summed E-state index contributed by atoms with van der Waals surface area (Å²) in [6.45, 7) is 6.03. The van der Waals surface area contributed by atoms with Gasteiger partial charge in [0, 0.05) is 0 Å². The first kappa shape index (κ1) is 7.33. The summed E-state index contributed by atoms with van der Waals surface area (Å²) in [5.74, 6) is 0. The van der Waals surface area contributed by atoms with Crippen molar-refractivity contribution < 1.29 is 0 Å². The van der Waals surface area contributed by atoms with Crippen LogP contribution in [0.4, 0.5) is 0 Å². The van der Waals surface area contributed by atoms with Crippen molar-refractivity contribution in [2.45, 2.75) is 26.3 Å². The molecule has 0 amide bonds. The predicted octanol–water partition coefficient (Wildman–Crippen LogP) is 2.59. The molecular weight excluding hydrogens is 203 g/mol. The van der Waals surface area contributed by atoms with E-state index in [1.807, 2.05) is 43.6 Å². The van der Waals surface area contributed by atoms with Gasteiger partial charge in [-0.15, -0.1) is 3.33 Å². The van der Waals surface area contributed by atoms with Crippen molar-refractivity contribution in [3.8, 4) is 0 Å². The molecule has 0 saturated carbocycles. The van der Waals surface area contributed by atoms with E-state index in [-0.39, 0.29) is 5.54 Å². The highest BCUT2D eigenvalue weighted by Crippen LogP contribution is 2.07. The molecule has 0 N–H and O–H groups in total. The van der Waals surface area contributed by atoms with Crippen molar-refractivity contribution in [3.63, 3.8) is 0 Å². The van der Waals surface area contributed by atoms with Gasteiger partial charge in [0.05, 0.1) is 5.54 Å². The Bertz CT molecular complexity index is 72.2. The van der Waals surface area contributed by atoms with Crippen LogP contribution in [0.2, 0.25) is 0 Å². The summed E-state index contributed by atoms with van der Waals surface area (Å²) in [5, 5.41) is 3.87. The molecule has 0 saturated heterocycles. The Morgan fingerprint density at radius 1 is 1.29 bits per heavy atom. The van der Waals surface area contributed by atoms with Gasteiger partial charge in [-0.25, -0.2) is 0 Å². The molecule has 3 heteroatoms. The Kier molecular flexibility index (Phi) is 2.71. The fourth-order valence-corrected chi connectivity index (χ4v) is 0.761. The van der Waals surface area contributed by atoms with Crippen molar-refractivity contribution in [2.24, 2.45) is 8.44 Å². The van der Waals surface area contributed by atoms with Crippen molar-refractivity contribution in [1.82, 2.24) is 0 Å². The number of nitrogens with zero attached hydrogens (tertiary/aromatic N) is 2. The molecule has 7 heavy (non-hydrogen) atoms. The highest BCUT2D eigenvalue weighted by Gasteiger charge is 2.04. The average molecular weight is 212 g/mol. The minimum absolute atomic E-state index is 0.00118. The normalized spacial score (nSPS) is 13.1. The lowest BCUT2D eigenvalue weighted by Crippen LogP contribution is -2.06. The lowest BCUT2D eigenvalue weighted by molar-refractivity contribution is 0.560. The summed E-state index contributed by atoms with van der Waals surface area (Å²) < 4.78 is 3.60. The lowest BCUT2D eigenvalue weighted by atomic mass is 10.1. The van der Waals surface area contributed by atoms with E-state index in [2.05, 4.69) is 8.44 Å². The van der Waals surface area contributed by atoms with Crippen molar-refractivity contribution >= 4 is 22.9 Å². The largest absolute Gasteiger partial charge is 0.178 e. The van der Waals surface area contributed by atoms with Crippen molar-refractivity contribution in [2.75, 3.05) is 0 Å². The van der Waals surface area contributed by atoms with Gasteiger partial charge in [-0.3, -0.25) is 0 Å². The summed E-state index contributed by atoms with van der Waals surface area (Å²) in [6.07, 6.45) is 0. The molecule has 0 aromatic rings. The van der Waals surface area contributed by atoms with Crippen LogP contribution in [-0.2, 0) is 0 Å². The number of hydrogen-bond acceptors (Lipinski definition) is 2. The van der Waals surface area contributed by atoms with Gasteiger partial charge in [0.25, 0.3) is 0 Å². The number of halogens is 1. The maximum absolute atomic E-state index is 3.87. The molecule has 0 aromatic carbocycles. The minimum atomic E-state index is 0.00118. The first-order chi connectivity index (χ1) is 3.06. The minimum Gasteiger partial charge on any atom is -0.178 e. The maximum Gasteiger partial charge on any atom is 0.111 e. The van der Waals surface area contributed by atoms with Crippen LogP contribution in [0.3, 0.4) is 0 Å².